The fourth-order valence-electron chi connectivity index (χ4n) is 2.51. The molecule has 0 aliphatic carbocycles. The predicted molar refractivity (Wildman–Crippen MR) is 81.6 cm³/mol. The Morgan fingerprint density at radius 2 is 2.05 bits per heavy atom. The van der Waals surface area contributed by atoms with Crippen molar-refractivity contribution in [2.75, 3.05) is 19.7 Å². The number of hydrogen-bond donors (Lipinski definition) is 0. The molecule has 1 saturated heterocycles. The first-order valence-corrected chi connectivity index (χ1v) is 7.70. The highest BCUT2D eigenvalue weighted by Gasteiger charge is 2.19. The molecule has 1 aromatic carbocycles. The van der Waals surface area contributed by atoms with E-state index in [1.807, 2.05) is 0 Å². The van der Waals surface area contributed by atoms with Crippen molar-refractivity contribution in [2.24, 2.45) is 0 Å². The van der Waals surface area contributed by atoms with Crippen LogP contribution < -0.4 is 0 Å². The van der Waals surface area contributed by atoms with E-state index < -0.39 is 5.97 Å². The van der Waals surface area contributed by atoms with Crippen LogP contribution in [0.3, 0.4) is 0 Å². The van der Waals surface area contributed by atoms with E-state index in [-0.39, 0.29) is 5.56 Å². The highest BCUT2D eigenvalue weighted by atomic mass is 35.5. The maximum Gasteiger partial charge on any atom is 0.341 e. The number of carbonyl (C=O) groups is 1. The predicted octanol–water partition coefficient (Wildman–Crippen LogP) is 4.02. The van der Waals surface area contributed by atoms with Gasteiger partial charge in [0.05, 0.1) is 15.6 Å². The number of hydrogen-bond acceptors (Lipinski definition) is 3. The molecule has 1 heterocycles. The molecule has 1 aliphatic heterocycles. The second-order valence-corrected chi connectivity index (χ2v) is 5.93. The van der Waals surface area contributed by atoms with Crippen LogP contribution in [0.25, 0.3) is 0 Å². The lowest BCUT2D eigenvalue weighted by molar-refractivity contribution is 0.0416. The van der Waals surface area contributed by atoms with Crippen LogP contribution in [0, 0.1) is 0 Å². The molecule has 20 heavy (non-hydrogen) atoms. The summed E-state index contributed by atoms with van der Waals surface area (Å²) in [5.41, 5.74) is 0.252. The summed E-state index contributed by atoms with van der Waals surface area (Å²) < 4.78 is 5.29. The number of piperidine rings is 1. The van der Waals surface area contributed by atoms with Crippen LogP contribution >= 0.6 is 23.2 Å². The van der Waals surface area contributed by atoms with E-state index in [9.17, 15) is 4.79 Å². The number of likely N-dealkylation sites (tertiary alicyclic amines) is 1. The summed E-state index contributed by atoms with van der Waals surface area (Å²) in [6.07, 6.45) is 3.71. The fraction of sp³-hybridized carbons (Fsp3) is 0.533. The topological polar surface area (TPSA) is 29.5 Å². The lowest BCUT2D eigenvalue weighted by Gasteiger charge is -2.32. The van der Waals surface area contributed by atoms with Gasteiger partial charge in [0.1, 0.15) is 6.61 Å². The molecule has 0 saturated carbocycles. The molecule has 0 N–H and O–H groups in total. The first kappa shape index (κ1) is 15.6. The van der Waals surface area contributed by atoms with Gasteiger partial charge >= 0.3 is 5.97 Å². The van der Waals surface area contributed by atoms with Crippen molar-refractivity contribution in [1.29, 1.82) is 0 Å². The largest absolute Gasteiger partial charge is 0.461 e. The SMILES string of the molecule is CC1CCCCN1CCOC(=O)c1c(Cl)cccc1Cl. The molecular formula is C15H19Cl2NO2. The molecule has 1 aliphatic rings. The number of nitrogens with zero attached hydrogens (tertiary/aromatic N) is 1. The van der Waals surface area contributed by atoms with Crippen LogP contribution in [0.5, 0.6) is 0 Å². The van der Waals surface area contributed by atoms with Crippen molar-refractivity contribution in [2.45, 2.75) is 32.2 Å². The second-order valence-electron chi connectivity index (χ2n) is 5.11. The van der Waals surface area contributed by atoms with Crippen LogP contribution in [-0.2, 0) is 4.74 Å². The normalized spacial score (nSPS) is 19.9. The lowest BCUT2D eigenvalue weighted by Crippen LogP contribution is -2.39. The summed E-state index contributed by atoms with van der Waals surface area (Å²) >= 11 is 12.0. The van der Waals surface area contributed by atoms with Crippen LogP contribution in [0.2, 0.25) is 10.0 Å². The fourth-order valence-corrected chi connectivity index (χ4v) is 3.06. The summed E-state index contributed by atoms with van der Waals surface area (Å²) in [5.74, 6) is -0.453. The molecule has 0 aromatic heterocycles. The number of esters is 1. The number of halogens is 2. The zero-order chi connectivity index (χ0) is 14.5. The molecule has 3 nitrogen and oxygen atoms in total. The van der Waals surface area contributed by atoms with Crippen molar-refractivity contribution in [3.63, 3.8) is 0 Å². The van der Waals surface area contributed by atoms with E-state index >= 15 is 0 Å². The molecule has 5 heteroatoms. The molecular weight excluding hydrogens is 297 g/mol. The first-order valence-electron chi connectivity index (χ1n) is 6.95. The third-order valence-electron chi connectivity index (χ3n) is 3.72. The van der Waals surface area contributed by atoms with Gasteiger partial charge < -0.3 is 4.74 Å². The van der Waals surface area contributed by atoms with Crippen LogP contribution in [-0.4, -0.2) is 36.6 Å². The maximum atomic E-state index is 12.0. The van der Waals surface area contributed by atoms with Gasteiger partial charge in [0.25, 0.3) is 0 Å². The van der Waals surface area contributed by atoms with Gasteiger partial charge in [-0.25, -0.2) is 4.79 Å². The molecule has 1 unspecified atom stereocenters. The average molecular weight is 316 g/mol. The van der Waals surface area contributed by atoms with Gasteiger partial charge in [0, 0.05) is 12.6 Å². The highest BCUT2D eigenvalue weighted by molar-refractivity contribution is 6.39. The molecule has 0 bridgehead atoms. The Morgan fingerprint density at radius 3 is 2.70 bits per heavy atom. The van der Waals surface area contributed by atoms with Gasteiger partial charge in [0.15, 0.2) is 0 Å². The van der Waals surface area contributed by atoms with Crippen LogP contribution in [0.4, 0.5) is 0 Å². The summed E-state index contributed by atoms with van der Waals surface area (Å²) in [7, 11) is 0. The Bertz CT molecular complexity index is 459. The van der Waals surface area contributed by atoms with Crippen molar-refractivity contribution in [3.8, 4) is 0 Å². The monoisotopic (exact) mass is 315 g/mol. The number of ether oxygens (including phenoxy) is 1. The van der Waals surface area contributed by atoms with Gasteiger partial charge in [-0.15, -0.1) is 0 Å². The molecule has 2 rings (SSSR count). The summed E-state index contributed by atoms with van der Waals surface area (Å²) in [5, 5.41) is 0.655. The Morgan fingerprint density at radius 1 is 1.35 bits per heavy atom. The third kappa shape index (κ3) is 3.87. The third-order valence-corrected chi connectivity index (χ3v) is 4.35. The quantitative estimate of drug-likeness (QED) is 0.786. The molecule has 110 valence electrons. The van der Waals surface area contributed by atoms with Crippen molar-refractivity contribution in [1.82, 2.24) is 4.90 Å². The minimum atomic E-state index is -0.453. The molecule has 0 spiro atoms. The van der Waals surface area contributed by atoms with Gasteiger partial charge in [-0.05, 0) is 38.4 Å². The summed E-state index contributed by atoms with van der Waals surface area (Å²) in [4.78, 5) is 14.4. The Kier molecular flexibility index (Phi) is 5.70. The Labute approximate surface area is 129 Å². The van der Waals surface area contributed by atoms with Gasteiger partial charge in [-0.1, -0.05) is 35.7 Å². The maximum absolute atomic E-state index is 12.0. The van der Waals surface area contributed by atoms with E-state index in [0.29, 0.717) is 22.7 Å². The van der Waals surface area contributed by atoms with E-state index in [2.05, 4.69) is 11.8 Å². The molecule has 1 atom stereocenters. The molecule has 0 amide bonds. The van der Waals surface area contributed by atoms with E-state index in [1.54, 1.807) is 18.2 Å². The molecule has 1 aromatic rings. The minimum absolute atomic E-state index is 0.252. The van der Waals surface area contributed by atoms with Crippen molar-refractivity contribution >= 4 is 29.2 Å². The van der Waals surface area contributed by atoms with Crippen molar-refractivity contribution in [3.05, 3.63) is 33.8 Å². The zero-order valence-electron chi connectivity index (χ0n) is 11.6. The number of benzene rings is 1. The van der Waals surface area contributed by atoms with Crippen LogP contribution in [0.15, 0.2) is 18.2 Å². The van der Waals surface area contributed by atoms with E-state index in [1.165, 1.54) is 19.3 Å². The average Bonchev–Trinajstić information content (AvgIpc) is 2.41. The smallest absolute Gasteiger partial charge is 0.341 e. The Balaban J connectivity index is 1.86. The zero-order valence-corrected chi connectivity index (χ0v) is 13.1. The van der Waals surface area contributed by atoms with E-state index in [4.69, 9.17) is 27.9 Å². The van der Waals surface area contributed by atoms with E-state index in [0.717, 1.165) is 13.1 Å². The molecule has 1 fully saturated rings. The van der Waals surface area contributed by atoms with Crippen molar-refractivity contribution < 1.29 is 9.53 Å². The molecule has 0 radical (unpaired) electrons. The second kappa shape index (κ2) is 7.30. The van der Waals surface area contributed by atoms with Gasteiger partial charge in [-0.3, -0.25) is 4.90 Å². The van der Waals surface area contributed by atoms with Gasteiger partial charge in [-0.2, -0.15) is 0 Å². The summed E-state index contributed by atoms with van der Waals surface area (Å²) in [6.45, 7) is 4.41. The first-order chi connectivity index (χ1) is 9.59. The number of rotatable bonds is 4. The van der Waals surface area contributed by atoms with Crippen LogP contribution in [0.1, 0.15) is 36.5 Å². The summed E-state index contributed by atoms with van der Waals surface area (Å²) in [6, 6.07) is 5.54. The van der Waals surface area contributed by atoms with Gasteiger partial charge in [0.2, 0.25) is 0 Å². The standard InChI is InChI=1S/C15H19Cl2NO2/c1-11-5-2-3-8-18(11)9-10-20-15(19)14-12(16)6-4-7-13(14)17/h4,6-7,11H,2-3,5,8-10H2,1H3. The number of carbonyl (C=O) groups excluding carboxylic acids is 1. The highest BCUT2D eigenvalue weighted by Crippen LogP contribution is 2.25. The Hall–Kier alpha value is -0.770. The minimum Gasteiger partial charge on any atom is -0.461 e. The lowest BCUT2D eigenvalue weighted by atomic mass is 10.0.